The van der Waals surface area contributed by atoms with Crippen molar-refractivity contribution in [2.24, 2.45) is 11.8 Å². The molecule has 2 heteroatoms. The molecule has 1 aliphatic heterocycles. The van der Waals surface area contributed by atoms with Crippen molar-refractivity contribution in [2.75, 3.05) is 11.5 Å². The van der Waals surface area contributed by atoms with Crippen molar-refractivity contribution >= 4 is 27.6 Å². The van der Waals surface area contributed by atoms with E-state index in [0.29, 0.717) is 18.4 Å². The van der Waals surface area contributed by atoms with Crippen molar-refractivity contribution in [3.63, 3.8) is 0 Å². The first-order valence-electron chi connectivity index (χ1n) is 19.9. The molecule has 0 N–H and O–H groups in total. The van der Waals surface area contributed by atoms with Crippen LogP contribution in [-0.2, 0) is 0 Å². The van der Waals surface area contributed by atoms with Crippen LogP contribution < -0.4 is 9.64 Å². The highest BCUT2D eigenvalue weighted by atomic mass is 16.5. The summed E-state index contributed by atoms with van der Waals surface area (Å²) in [7, 11) is 0. The molecule has 0 radical (unpaired) electrons. The van der Waals surface area contributed by atoms with Crippen LogP contribution in [0.4, 0.5) is 5.69 Å². The van der Waals surface area contributed by atoms with Gasteiger partial charge in [-0.05, 0) is 119 Å². The molecule has 5 aliphatic rings. The van der Waals surface area contributed by atoms with Gasteiger partial charge in [-0.3, -0.25) is 0 Å². The molecule has 0 fully saturated rings. The Labute approximate surface area is 326 Å². The molecule has 2 unspecified atom stereocenters. The summed E-state index contributed by atoms with van der Waals surface area (Å²) in [5, 5.41) is 2.32. The molecule has 4 aliphatic carbocycles. The Hall–Kier alpha value is -6.12. The zero-order valence-corrected chi connectivity index (χ0v) is 31.4. The number of nitrogens with zero attached hydrogens (tertiary/aromatic N) is 1. The van der Waals surface area contributed by atoms with Gasteiger partial charge < -0.3 is 9.64 Å². The zero-order chi connectivity index (χ0) is 37.0. The largest absolute Gasteiger partial charge is 0.489 e. The maximum atomic E-state index is 6.11. The minimum absolute atomic E-state index is 0.388. The van der Waals surface area contributed by atoms with E-state index in [1.165, 1.54) is 56.6 Å². The molecular formula is C53H47NO. The van der Waals surface area contributed by atoms with Crippen molar-refractivity contribution in [3.05, 3.63) is 216 Å². The van der Waals surface area contributed by atoms with Gasteiger partial charge in [-0.2, -0.15) is 0 Å². The van der Waals surface area contributed by atoms with Gasteiger partial charge in [0.1, 0.15) is 12.4 Å². The van der Waals surface area contributed by atoms with Crippen LogP contribution in [-0.4, -0.2) is 6.61 Å². The summed E-state index contributed by atoms with van der Waals surface area (Å²) >= 11 is 0. The third-order valence-corrected chi connectivity index (χ3v) is 11.4. The van der Waals surface area contributed by atoms with E-state index in [4.69, 9.17) is 4.74 Å². The van der Waals surface area contributed by atoms with Gasteiger partial charge >= 0.3 is 0 Å². The molecule has 0 aromatic heterocycles. The lowest BCUT2D eigenvalue weighted by Gasteiger charge is -2.34. The minimum atomic E-state index is 0.388. The standard InChI is InChI=1S/C53H47NO/c1-38-13-5-4-12-36-55-52-35-29-46-37-45(28-34-50(46)53(38)52)43-26-32-48(33-27-43)54(51-19-11-10-18-49(51)44-16-8-3-9-17-44)47-30-24-42(25-31-47)41-22-20-40(21-23-41)39-14-6-2-7-15-39/h3-6,8-9,12-20,22-24,26-35,37,40,42H,1-2,7,10-11,21,25,36H2/b12-4-,13-5-. The molecule has 0 saturated carbocycles. The molecule has 270 valence electrons. The molecule has 55 heavy (non-hydrogen) atoms. The quantitative estimate of drug-likeness (QED) is 0.189. The Morgan fingerprint density at radius 1 is 0.600 bits per heavy atom. The van der Waals surface area contributed by atoms with E-state index in [0.717, 1.165) is 60.1 Å². The summed E-state index contributed by atoms with van der Waals surface area (Å²) in [6, 6.07) is 31.0. The summed E-state index contributed by atoms with van der Waals surface area (Å²) in [5.41, 5.74) is 13.5. The van der Waals surface area contributed by atoms with E-state index in [-0.39, 0.29) is 0 Å². The maximum Gasteiger partial charge on any atom is 0.128 e. The first-order chi connectivity index (χ1) is 27.2. The molecule has 1 heterocycles. The Morgan fingerprint density at radius 3 is 2.16 bits per heavy atom. The monoisotopic (exact) mass is 713 g/mol. The number of allylic oxidation sites excluding steroid dienone is 18. The minimum Gasteiger partial charge on any atom is -0.489 e. The first kappa shape index (κ1) is 34.6. The molecule has 4 aromatic rings. The van der Waals surface area contributed by atoms with Gasteiger partial charge in [-0.25, -0.2) is 0 Å². The molecular weight excluding hydrogens is 667 g/mol. The van der Waals surface area contributed by atoms with Crippen LogP contribution in [0, 0.1) is 11.8 Å². The summed E-state index contributed by atoms with van der Waals surface area (Å²) in [4.78, 5) is 2.48. The zero-order valence-electron chi connectivity index (χ0n) is 31.4. The number of hydrogen-bond acceptors (Lipinski definition) is 2. The normalized spacial score (nSPS) is 21.7. The second kappa shape index (κ2) is 15.7. The smallest absolute Gasteiger partial charge is 0.128 e. The van der Waals surface area contributed by atoms with Crippen LogP contribution in [0.1, 0.15) is 49.7 Å². The molecule has 0 amide bonds. The third-order valence-electron chi connectivity index (χ3n) is 11.4. The number of fused-ring (bicyclic) bond motifs is 3. The van der Waals surface area contributed by atoms with Crippen LogP contribution in [0.3, 0.4) is 0 Å². The maximum absolute atomic E-state index is 6.11. The summed E-state index contributed by atoms with van der Waals surface area (Å²) < 4.78 is 6.11. The summed E-state index contributed by atoms with van der Waals surface area (Å²) in [6.45, 7) is 4.91. The molecule has 2 nitrogen and oxygen atoms in total. The van der Waals surface area contributed by atoms with E-state index >= 15 is 0 Å². The number of ether oxygens (including phenoxy) is 1. The highest BCUT2D eigenvalue weighted by molar-refractivity contribution is 6.00. The average molecular weight is 714 g/mol. The third kappa shape index (κ3) is 7.25. The number of anilines is 1. The van der Waals surface area contributed by atoms with Gasteiger partial charge in [0.15, 0.2) is 0 Å². The second-order valence-electron chi connectivity index (χ2n) is 15.0. The molecule has 4 aromatic carbocycles. The Morgan fingerprint density at radius 2 is 1.38 bits per heavy atom. The number of hydrogen-bond donors (Lipinski definition) is 0. The topological polar surface area (TPSA) is 12.5 Å². The number of benzene rings is 4. The fourth-order valence-electron chi connectivity index (χ4n) is 8.55. The van der Waals surface area contributed by atoms with E-state index in [9.17, 15) is 0 Å². The van der Waals surface area contributed by atoms with Crippen LogP contribution in [0.2, 0.25) is 0 Å². The van der Waals surface area contributed by atoms with E-state index in [2.05, 4.69) is 169 Å². The van der Waals surface area contributed by atoms with Gasteiger partial charge in [0.2, 0.25) is 0 Å². The van der Waals surface area contributed by atoms with Crippen LogP contribution >= 0.6 is 0 Å². The van der Waals surface area contributed by atoms with Crippen LogP contribution in [0.25, 0.3) is 33.0 Å². The van der Waals surface area contributed by atoms with E-state index in [1.54, 1.807) is 0 Å². The lowest BCUT2D eigenvalue weighted by atomic mass is 9.82. The Bertz CT molecular complexity index is 2440. The van der Waals surface area contributed by atoms with Crippen molar-refractivity contribution < 1.29 is 4.74 Å². The lowest BCUT2D eigenvalue weighted by Crippen LogP contribution is -2.24. The summed E-state index contributed by atoms with van der Waals surface area (Å²) in [5.74, 6) is 1.76. The molecule has 0 spiro atoms. The van der Waals surface area contributed by atoms with Gasteiger partial charge in [-0.1, -0.05) is 146 Å². The predicted octanol–water partition coefficient (Wildman–Crippen LogP) is 13.8. The Kier molecular flexibility index (Phi) is 9.88. The highest BCUT2D eigenvalue weighted by Gasteiger charge is 2.25. The molecule has 0 bridgehead atoms. The van der Waals surface area contributed by atoms with Crippen molar-refractivity contribution in [1.29, 1.82) is 0 Å². The summed E-state index contributed by atoms with van der Waals surface area (Å²) in [6.07, 6.45) is 41.0. The second-order valence-corrected chi connectivity index (χ2v) is 15.0. The predicted molar refractivity (Wildman–Crippen MR) is 234 cm³/mol. The van der Waals surface area contributed by atoms with Crippen LogP contribution in [0.15, 0.2) is 205 Å². The van der Waals surface area contributed by atoms with E-state index < -0.39 is 0 Å². The van der Waals surface area contributed by atoms with E-state index in [1.807, 2.05) is 18.2 Å². The average Bonchev–Trinajstić information content (AvgIpc) is 3.35. The van der Waals surface area contributed by atoms with Crippen molar-refractivity contribution in [2.45, 2.75) is 38.5 Å². The van der Waals surface area contributed by atoms with Gasteiger partial charge in [0.25, 0.3) is 0 Å². The molecule has 2 atom stereocenters. The highest BCUT2D eigenvalue weighted by Crippen LogP contribution is 2.41. The molecule has 0 saturated heterocycles. The fourth-order valence-corrected chi connectivity index (χ4v) is 8.55. The van der Waals surface area contributed by atoms with Crippen LogP contribution in [0.5, 0.6) is 5.75 Å². The van der Waals surface area contributed by atoms with Crippen molar-refractivity contribution in [1.82, 2.24) is 0 Å². The van der Waals surface area contributed by atoms with Gasteiger partial charge in [0.05, 0.1) is 0 Å². The number of rotatable bonds is 7. The SMILES string of the molecule is C=C1/C=C\C=C/COc2ccc3cc(-c4ccc(N(C5=CCC(C6=CCC(C7=CCCC=C7)C=C6)C=C5)C5=CCCC=C5c5ccccc5)cc4)ccc3c21. The molecule has 9 rings (SSSR count). The van der Waals surface area contributed by atoms with Gasteiger partial charge in [0, 0.05) is 40.1 Å². The Balaban J connectivity index is 1.02. The fraction of sp³-hybridized carbons (Fsp3) is 0.170. The first-order valence-corrected chi connectivity index (χ1v) is 19.9. The lowest BCUT2D eigenvalue weighted by molar-refractivity contribution is 0.362. The van der Waals surface area contributed by atoms with Gasteiger partial charge in [-0.15, -0.1) is 0 Å². The van der Waals surface area contributed by atoms with Crippen molar-refractivity contribution in [3.8, 4) is 16.9 Å².